The molecular formula is C10H10N2O3S. The number of nitro groups is 1. The third-order valence-corrected chi connectivity index (χ3v) is 3.34. The average molecular weight is 238 g/mol. The van der Waals surface area contributed by atoms with E-state index in [1.165, 1.54) is 12.1 Å². The minimum absolute atomic E-state index is 0.121. The predicted molar refractivity (Wildman–Crippen MR) is 61.5 cm³/mol. The van der Waals surface area contributed by atoms with Crippen LogP contribution in [0.4, 0.5) is 5.69 Å². The lowest BCUT2D eigenvalue weighted by molar-refractivity contribution is -0.385. The molecule has 0 bridgehead atoms. The van der Waals surface area contributed by atoms with Gasteiger partial charge in [0.2, 0.25) is 0 Å². The lowest BCUT2D eigenvalue weighted by Gasteiger charge is -2.13. The number of carbonyl (C=O) groups is 1. The predicted octanol–water partition coefficient (Wildman–Crippen LogP) is 1.74. The zero-order valence-corrected chi connectivity index (χ0v) is 9.27. The maximum absolute atomic E-state index is 12.0. The van der Waals surface area contributed by atoms with E-state index in [1.807, 2.05) is 0 Å². The topological polar surface area (TPSA) is 63.4 Å². The Kier molecular flexibility index (Phi) is 3.09. The van der Waals surface area contributed by atoms with Crippen LogP contribution >= 0.6 is 11.8 Å². The van der Waals surface area contributed by atoms with Crippen molar-refractivity contribution in [2.45, 2.75) is 0 Å². The average Bonchev–Trinajstić information content (AvgIpc) is 2.81. The molecule has 1 amide bonds. The van der Waals surface area contributed by atoms with E-state index in [9.17, 15) is 14.9 Å². The lowest BCUT2D eigenvalue weighted by atomic mass is 10.1. The van der Waals surface area contributed by atoms with Crippen molar-refractivity contribution in [3.8, 4) is 0 Å². The second kappa shape index (κ2) is 4.52. The van der Waals surface area contributed by atoms with Crippen LogP contribution in [0.5, 0.6) is 0 Å². The van der Waals surface area contributed by atoms with Gasteiger partial charge in [-0.25, -0.2) is 0 Å². The quantitative estimate of drug-likeness (QED) is 0.581. The Bertz CT molecular complexity index is 430. The van der Waals surface area contributed by atoms with Gasteiger partial charge in [-0.2, -0.15) is 0 Å². The molecule has 1 aliphatic heterocycles. The highest BCUT2D eigenvalue weighted by Gasteiger charge is 2.25. The summed E-state index contributed by atoms with van der Waals surface area (Å²) >= 11 is 1.65. The monoisotopic (exact) mass is 238 g/mol. The van der Waals surface area contributed by atoms with Crippen LogP contribution in [0.15, 0.2) is 24.3 Å². The molecular weight excluding hydrogens is 228 g/mol. The van der Waals surface area contributed by atoms with Crippen LogP contribution in [0.25, 0.3) is 0 Å². The SMILES string of the molecule is O=C(c1ccccc1[N+](=O)[O-])N1CCSC1. The van der Waals surface area contributed by atoms with Crippen molar-refractivity contribution in [2.24, 2.45) is 0 Å². The Labute approximate surface area is 96.6 Å². The third kappa shape index (κ3) is 2.01. The van der Waals surface area contributed by atoms with Gasteiger partial charge in [-0.1, -0.05) is 12.1 Å². The molecule has 16 heavy (non-hydrogen) atoms. The number of amides is 1. The van der Waals surface area contributed by atoms with E-state index < -0.39 is 4.92 Å². The molecule has 84 valence electrons. The molecule has 0 N–H and O–H groups in total. The highest BCUT2D eigenvalue weighted by Crippen LogP contribution is 2.22. The molecule has 0 spiro atoms. The summed E-state index contributed by atoms with van der Waals surface area (Å²) < 4.78 is 0. The largest absolute Gasteiger partial charge is 0.328 e. The molecule has 1 fully saturated rings. The standard InChI is InChI=1S/C10H10N2O3S/c13-10(11-5-6-16-7-11)8-3-1-2-4-9(8)12(14)15/h1-4H,5-7H2. The molecule has 1 saturated heterocycles. The number of para-hydroxylation sites is 1. The van der Waals surface area contributed by atoms with Crippen LogP contribution in [0.1, 0.15) is 10.4 Å². The molecule has 0 aromatic heterocycles. The highest BCUT2D eigenvalue weighted by molar-refractivity contribution is 7.99. The number of rotatable bonds is 2. The first-order chi connectivity index (χ1) is 7.70. The molecule has 0 atom stereocenters. The van der Waals surface area contributed by atoms with Crippen LogP contribution in [-0.4, -0.2) is 33.9 Å². The summed E-state index contributed by atoms with van der Waals surface area (Å²) in [5.41, 5.74) is 0.0550. The second-order valence-corrected chi connectivity index (χ2v) is 4.45. The Morgan fingerprint density at radius 2 is 2.19 bits per heavy atom. The van der Waals surface area contributed by atoms with Gasteiger partial charge in [0.05, 0.1) is 10.8 Å². The normalized spacial score (nSPS) is 15.1. The molecule has 0 aliphatic carbocycles. The number of carbonyl (C=O) groups excluding carboxylic acids is 1. The fourth-order valence-corrected chi connectivity index (χ4v) is 2.50. The summed E-state index contributed by atoms with van der Waals surface area (Å²) in [7, 11) is 0. The van der Waals surface area contributed by atoms with E-state index in [1.54, 1.807) is 28.8 Å². The molecule has 2 rings (SSSR count). The van der Waals surface area contributed by atoms with Crippen molar-refractivity contribution in [1.29, 1.82) is 0 Å². The molecule has 1 heterocycles. The van der Waals surface area contributed by atoms with E-state index in [0.29, 0.717) is 12.4 Å². The summed E-state index contributed by atoms with van der Waals surface area (Å²) in [6.45, 7) is 0.662. The number of hydrogen-bond acceptors (Lipinski definition) is 4. The Balaban J connectivity index is 2.32. The van der Waals surface area contributed by atoms with Crippen LogP contribution in [0, 0.1) is 10.1 Å². The minimum Gasteiger partial charge on any atom is -0.328 e. The summed E-state index contributed by atoms with van der Waals surface area (Å²) in [5.74, 6) is 1.26. The first-order valence-electron chi connectivity index (χ1n) is 4.80. The number of hydrogen-bond donors (Lipinski definition) is 0. The maximum Gasteiger partial charge on any atom is 0.282 e. The van der Waals surface area contributed by atoms with Gasteiger partial charge < -0.3 is 4.90 Å². The van der Waals surface area contributed by atoms with Crippen LogP contribution < -0.4 is 0 Å². The molecule has 0 unspecified atom stereocenters. The van der Waals surface area contributed by atoms with E-state index in [4.69, 9.17) is 0 Å². The molecule has 1 aliphatic rings. The van der Waals surface area contributed by atoms with Crippen molar-refractivity contribution in [2.75, 3.05) is 18.2 Å². The van der Waals surface area contributed by atoms with Gasteiger partial charge in [-0.05, 0) is 6.07 Å². The van der Waals surface area contributed by atoms with Crippen molar-refractivity contribution < 1.29 is 9.72 Å². The molecule has 0 saturated carbocycles. The fraction of sp³-hybridized carbons (Fsp3) is 0.300. The van der Waals surface area contributed by atoms with E-state index in [-0.39, 0.29) is 17.2 Å². The van der Waals surface area contributed by atoms with Gasteiger partial charge in [0.15, 0.2) is 0 Å². The molecule has 0 radical (unpaired) electrons. The number of nitro benzene ring substituents is 1. The Hall–Kier alpha value is -1.56. The van der Waals surface area contributed by atoms with E-state index in [2.05, 4.69) is 0 Å². The van der Waals surface area contributed by atoms with Gasteiger partial charge in [0.25, 0.3) is 11.6 Å². The van der Waals surface area contributed by atoms with Gasteiger partial charge in [0.1, 0.15) is 5.56 Å². The zero-order chi connectivity index (χ0) is 11.5. The first-order valence-corrected chi connectivity index (χ1v) is 5.96. The maximum atomic E-state index is 12.0. The second-order valence-electron chi connectivity index (χ2n) is 3.38. The van der Waals surface area contributed by atoms with Crippen molar-refractivity contribution >= 4 is 23.4 Å². The Morgan fingerprint density at radius 3 is 2.81 bits per heavy atom. The minimum atomic E-state index is -0.517. The van der Waals surface area contributed by atoms with E-state index >= 15 is 0 Å². The Morgan fingerprint density at radius 1 is 1.44 bits per heavy atom. The van der Waals surface area contributed by atoms with Gasteiger partial charge in [-0.15, -0.1) is 11.8 Å². The van der Waals surface area contributed by atoms with E-state index in [0.717, 1.165) is 5.75 Å². The van der Waals surface area contributed by atoms with Crippen LogP contribution in [0.2, 0.25) is 0 Å². The summed E-state index contributed by atoms with van der Waals surface area (Å²) in [6.07, 6.45) is 0. The highest BCUT2D eigenvalue weighted by atomic mass is 32.2. The molecule has 1 aromatic carbocycles. The third-order valence-electron chi connectivity index (χ3n) is 2.37. The van der Waals surface area contributed by atoms with Crippen molar-refractivity contribution in [3.63, 3.8) is 0 Å². The molecule has 1 aromatic rings. The summed E-state index contributed by atoms with van der Waals surface area (Å²) in [4.78, 5) is 23.9. The molecule has 5 nitrogen and oxygen atoms in total. The smallest absolute Gasteiger partial charge is 0.282 e. The van der Waals surface area contributed by atoms with Gasteiger partial charge in [0, 0.05) is 18.4 Å². The number of nitrogens with zero attached hydrogens (tertiary/aromatic N) is 2. The number of benzene rings is 1. The number of thioether (sulfide) groups is 1. The lowest BCUT2D eigenvalue weighted by Crippen LogP contribution is -2.28. The first kappa shape index (κ1) is 10.9. The molecule has 6 heteroatoms. The summed E-state index contributed by atoms with van der Waals surface area (Å²) in [5, 5.41) is 10.8. The summed E-state index contributed by atoms with van der Waals surface area (Å²) in [6, 6.07) is 6.07. The van der Waals surface area contributed by atoms with Gasteiger partial charge in [-0.3, -0.25) is 14.9 Å². The zero-order valence-electron chi connectivity index (χ0n) is 8.46. The van der Waals surface area contributed by atoms with Crippen LogP contribution in [0.3, 0.4) is 0 Å². The fourth-order valence-electron chi connectivity index (χ4n) is 1.56. The van der Waals surface area contributed by atoms with Crippen molar-refractivity contribution in [1.82, 2.24) is 4.90 Å². The van der Waals surface area contributed by atoms with Gasteiger partial charge >= 0.3 is 0 Å². The van der Waals surface area contributed by atoms with Crippen LogP contribution in [-0.2, 0) is 0 Å². The van der Waals surface area contributed by atoms with Crippen molar-refractivity contribution in [3.05, 3.63) is 39.9 Å².